The third-order valence-electron chi connectivity index (χ3n) is 2.40. The van der Waals surface area contributed by atoms with Gasteiger partial charge in [-0.15, -0.1) is 11.3 Å². The van der Waals surface area contributed by atoms with Gasteiger partial charge >= 0.3 is 0 Å². The predicted octanol–water partition coefficient (Wildman–Crippen LogP) is 2.23. The standard InChI is InChI=1S/C12H11ClN2O3S2/c13-10-5-6-12(19-10)20(17,18)15-9-3-1-8(2-4-9)7-11(14)16/h1-6,15H,7H2,(H2,14,16). The molecule has 0 spiro atoms. The number of carbonyl (C=O) groups excluding carboxylic acids is 1. The van der Waals surface area contributed by atoms with Crippen LogP contribution in [0.4, 0.5) is 5.69 Å². The second-order valence-electron chi connectivity index (χ2n) is 4.00. The largest absolute Gasteiger partial charge is 0.369 e. The molecular formula is C12H11ClN2O3S2. The molecule has 1 amide bonds. The number of nitrogens with two attached hydrogens (primary N) is 1. The lowest BCUT2D eigenvalue weighted by molar-refractivity contribution is -0.117. The van der Waals surface area contributed by atoms with Gasteiger partial charge in [-0.05, 0) is 29.8 Å². The Balaban J connectivity index is 2.15. The highest BCUT2D eigenvalue weighted by Crippen LogP contribution is 2.27. The van der Waals surface area contributed by atoms with Crippen molar-refractivity contribution in [2.75, 3.05) is 4.72 Å². The number of nitrogens with one attached hydrogen (secondary N) is 1. The minimum Gasteiger partial charge on any atom is -0.369 e. The highest BCUT2D eigenvalue weighted by atomic mass is 35.5. The molecule has 0 unspecified atom stereocenters. The monoisotopic (exact) mass is 330 g/mol. The summed E-state index contributed by atoms with van der Waals surface area (Å²) in [6, 6.07) is 9.40. The van der Waals surface area contributed by atoms with E-state index in [9.17, 15) is 13.2 Å². The number of sulfonamides is 1. The zero-order valence-electron chi connectivity index (χ0n) is 10.2. The Hall–Kier alpha value is -1.57. The molecule has 106 valence electrons. The van der Waals surface area contributed by atoms with Gasteiger partial charge in [0, 0.05) is 5.69 Å². The molecule has 2 rings (SSSR count). The Bertz CT molecular complexity index is 723. The number of halogens is 1. The van der Waals surface area contributed by atoms with Gasteiger partial charge in [-0.2, -0.15) is 0 Å². The maximum Gasteiger partial charge on any atom is 0.271 e. The van der Waals surface area contributed by atoms with E-state index in [0.29, 0.717) is 10.0 Å². The Morgan fingerprint density at radius 1 is 1.20 bits per heavy atom. The van der Waals surface area contributed by atoms with Gasteiger partial charge in [0.25, 0.3) is 10.0 Å². The summed E-state index contributed by atoms with van der Waals surface area (Å²) in [5.41, 5.74) is 6.21. The maximum atomic E-state index is 12.0. The summed E-state index contributed by atoms with van der Waals surface area (Å²) in [6.07, 6.45) is 0.119. The van der Waals surface area contributed by atoms with Gasteiger partial charge < -0.3 is 5.73 Å². The van der Waals surface area contributed by atoms with E-state index in [1.165, 1.54) is 12.1 Å². The fourth-order valence-electron chi connectivity index (χ4n) is 1.54. The van der Waals surface area contributed by atoms with Gasteiger partial charge in [0.15, 0.2) is 0 Å². The van der Waals surface area contributed by atoms with Crippen LogP contribution in [-0.4, -0.2) is 14.3 Å². The van der Waals surface area contributed by atoms with Gasteiger partial charge in [-0.25, -0.2) is 8.42 Å². The SMILES string of the molecule is NC(=O)Cc1ccc(NS(=O)(=O)c2ccc(Cl)s2)cc1. The van der Waals surface area contributed by atoms with Crippen LogP contribution in [-0.2, 0) is 21.2 Å². The molecule has 0 aliphatic rings. The van der Waals surface area contributed by atoms with Crippen LogP contribution in [0.1, 0.15) is 5.56 Å². The lowest BCUT2D eigenvalue weighted by Gasteiger charge is -2.06. The van der Waals surface area contributed by atoms with Crippen LogP contribution in [0.15, 0.2) is 40.6 Å². The van der Waals surface area contributed by atoms with Crippen molar-refractivity contribution in [1.82, 2.24) is 0 Å². The molecule has 5 nitrogen and oxygen atoms in total. The number of anilines is 1. The summed E-state index contributed by atoms with van der Waals surface area (Å²) in [6.45, 7) is 0. The van der Waals surface area contributed by atoms with Crippen molar-refractivity contribution < 1.29 is 13.2 Å². The molecule has 20 heavy (non-hydrogen) atoms. The molecule has 0 aliphatic heterocycles. The van der Waals surface area contributed by atoms with Gasteiger partial charge in [0.1, 0.15) is 4.21 Å². The van der Waals surface area contributed by atoms with E-state index in [2.05, 4.69) is 4.72 Å². The number of hydrogen-bond donors (Lipinski definition) is 2. The molecule has 0 bridgehead atoms. The summed E-state index contributed by atoms with van der Waals surface area (Å²) < 4.78 is 27.1. The Kier molecular flexibility index (Phi) is 4.32. The number of rotatable bonds is 5. The molecule has 0 fully saturated rings. The van der Waals surface area contributed by atoms with Gasteiger partial charge in [-0.3, -0.25) is 9.52 Å². The molecular weight excluding hydrogens is 320 g/mol. The van der Waals surface area contributed by atoms with E-state index in [1.807, 2.05) is 0 Å². The van der Waals surface area contributed by atoms with Crippen molar-refractivity contribution in [3.8, 4) is 0 Å². The van der Waals surface area contributed by atoms with Gasteiger partial charge in [0.2, 0.25) is 5.91 Å². The summed E-state index contributed by atoms with van der Waals surface area (Å²) in [4.78, 5) is 10.8. The van der Waals surface area contributed by atoms with Crippen LogP contribution >= 0.6 is 22.9 Å². The van der Waals surface area contributed by atoms with E-state index in [1.54, 1.807) is 24.3 Å². The first kappa shape index (κ1) is 14.8. The lowest BCUT2D eigenvalue weighted by Crippen LogP contribution is -2.14. The number of amides is 1. The zero-order valence-corrected chi connectivity index (χ0v) is 12.6. The van der Waals surface area contributed by atoms with Crippen LogP contribution in [0.25, 0.3) is 0 Å². The first-order valence-electron chi connectivity index (χ1n) is 5.52. The van der Waals surface area contributed by atoms with Crippen LogP contribution in [0.3, 0.4) is 0 Å². The minimum absolute atomic E-state index is 0.119. The van der Waals surface area contributed by atoms with Crippen LogP contribution in [0.2, 0.25) is 4.34 Å². The highest BCUT2D eigenvalue weighted by molar-refractivity contribution is 7.94. The van der Waals surface area contributed by atoms with Crippen LogP contribution < -0.4 is 10.5 Å². The number of hydrogen-bond acceptors (Lipinski definition) is 4. The van der Waals surface area contributed by atoms with Crippen LogP contribution in [0.5, 0.6) is 0 Å². The fraction of sp³-hybridized carbons (Fsp3) is 0.0833. The van der Waals surface area contributed by atoms with Crippen molar-refractivity contribution >= 4 is 44.6 Å². The zero-order chi connectivity index (χ0) is 14.8. The molecule has 0 aliphatic carbocycles. The van der Waals surface area contributed by atoms with E-state index >= 15 is 0 Å². The molecule has 0 atom stereocenters. The van der Waals surface area contributed by atoms with E-state index in [4.69, 9.17) is 17.3 Å². The number of thiophene rings is 1. The second kappa shape index (κ2) is 5.82. The average Bonchev–Trinajstić information content (AvgIpc) is 2.78. The summed E-state index contributed by atoms with van der Waals surface area (Å²) in [7, 11) is -3.64. The molecule has 0 saturated carbocycles. The van der Waals surface area contributed by atoms with Crippen molar-refractivity contribution in [3.63, 3.8) is 0 Å². The van der Waals surface area contributed by atoms with E-state index in [0.717, 1.165) is 16.9 Å². The molecule has 1 aromatic heterocycles. The Labute approximate surface area is 125 Å². The molecule has 0 saturated heterocycles. The van der Waals surface area contributed by atoms with E-state index in [-0.39, 0.29) is 10.6 Å². The number of primary amides is 1. The first-order chi connectivity index (χ1) is 9.37. The predicted molar refractivity (Wildman–Crippen MR) is 79.5 cm³/mol. The normalized spacial score (nSPS) is 11.2. The van der Waals surface area contributed by atoms with Crippen molar-refractivity contribution in [2.45, 2.75) is 10.6 Å². The average molecular weight is 331 g/mol. The smallest absolute Gasteiger partial charge is 0.271 e. The molecule has 2 aromatic rings. The fourth-order valence-corrected chi connectivity index (χ4v) is 4.08. The molecule has 1 aromatic carbocycles. The molecule has 0 radical (unpaired) electrons. The number of benzene rings is 1. The quantitative estimate of drug-likeness (QED) is 0.881. The lowest BCUT2D eigenvalue weighted by atomic mass is 10.1. The summed E-state index contributed by atoms with van der Waals surface area (Å²) in [5.74, 6) is -0.438. The molecule has 1 heterocycles. The highest BCUT2D eigenvalue weighted by Gasteiger charge is 2.16. The Morgan fingerprint density at radius 2 is 1.85 bits per heavy atom. The molecule has 8 heteroatoms. The van der Waals surface area contributed by atoms with E-state index < -0.39 is 15.9 Å². The van der Waals surface area contributed by atoms with Gasteiger partial charge in [0.05, 0.1) is 10.8 Å². The van der Waals surface area contributed by atoms with Gasteiger partial charge in [-0.1, -0.05) is 23.7 Å². The minimum atomic E-state index is -3.64. The number of carbonyl (C=O) groups is 1. The van der Waals surface area contributed by atoms with Crippen molar-refractivity contribution in [3.05, 3.63) is 46.3 Å². The third kappa shape index (κ3) is 3.72. The van der Waals surface area contributed by atoms with Crippen molar-refractivity contribution in [2.24, 2.45) is 5.73 Å². The third-order valence-corrected chi connectivity index (χ3v) is 5.50. The Morgan fingerprint density at radius 3 is 2.35 bits per heavy atom. The van der Waals surface area contributed by atoms with Crippen molar-refractivity contribution in [1.29, 1.82) is 0 Å². The summed E-state index contributed by atoms with van der Waals surface area (Å²) in [5, 5.41) is 0. The van der Waals surface area contributed by atoms with Crippen LogP contribution in [0, 0.1) is 0 Å². The maximum absolute atomic E-state index is 12.0. The summed E-state index contributed by atoms with van der Waals surface area (Å²) >= 11 is 6.70. The molecule has 3 N–H and O–H groups in total. The first-order valence-corrected chi connectivity index (χ1v) is 8.20. The second-order valence-corrected chi connectivity index (χ2v) is 7.63. The topological polar surface area (TPSA) is 89.3 Å².